The number of rotatable bonds is 2. The first kappa shape index (κ1) is 7.43. The van der Waals surface area contributed by atoms with Crippen molar-refractivity contribution < 1.29 is 0 Å². The molecule has 0 fully saturated rings. The van der Waals surface area contributed by atoms with Crippen molar-refractivity contribution >= 4 is 11.3 Å². The van der Waals surface area contributed by atoms with Gasteiger partial charge in [0, 0.05) is 24.2 Å². The predicted octanol–water partition coefficient (Wildman–Crippen LogP) is 1.93. The molecule has 0 atom stereocenters. The molecule has 0 N–H and O–H groups in total. The minimum atomic E-state index is 0.855. The molecule has 1 radical (unpaired) electrons. The predicted molar refractivity (Wildman–Crippen MR) is 48.0 cm³/mol. The summed E-state index contributed by atoms with van der Waals surface area (Å²) in [5.41, 5.74) is 5.08. The maximum Gasteiger partial charge on any atom is 0.152 e. The van der Waals surface area contributed by atoms with Crippen LogP contribution in [0.3, 0.4) is 0 Å². The average Bonchev–Trinajstić information content (AvgIpc) is 2.59. The van der Waals surface area contributed by atoms with E-state index in [1.54, 1.807) is 6.20 Å². The lowest BCUT2D eigenvalue weighted by Gasteiger charge is -1.94. The van der Waals surface area contributed by atoms with E-state index < -0.39 is 0 Å². The van der Waals surface area contributed by atoms with Gasteiger partial charge in [-0.05, 0) is 11.6 Å². The lowest BCUT2D eigenvalue weighted by Crippen LogP contribution is -1.87. The van der Waals surface area contributed by atoms with E-state index in [1.807, 2.05) is 23.7 Å². The zero-order valence-corrected chi connectivity index (χ0v) is 7.21. The van der Waals surface area contributed by atoms with Crippen molar-refractivity contribution in [1.29, 1.82) is 0 Å². The van der Waals surface area contributed by atoms with Crippen molar-refractivity contribution in [1.82, 2.24) is 9.97 Å². The maximum absolute atomic E-state index is 4.08. The van der Waals surface area contributed by atoms with Gasteiger partial charge in [-0.3, -0.25) is 4.98 Å². The van der Waals surface area contributed by atoms with Gasteiger partial charge < -0.3 is 0 Å². The highest BCUT2D eigenvalue weighted by Gasteiger charge is 1.96. The van der Waals surface area contributed by atoms with E-state index >= 15 is 0 Å². The first-order chi connectivity index (χ1) is 5.95. The quantitative estimate of drug-likeness (QED) is 0.697. The molecule has 2 aromatic heterocycles. The van der Waals surface area contributed by atoms with E-state index in [0.717, 1.165) is 12.1 Å². The summed E-state index contributed by atoms with van der Waals surface area (Å²) in [7, 11) is 0. The zero-order valence-electron chi connectivity index (χ0n) is 6.40. The number of hydrogen-bond acceptors (Lipinski definition) is 3. The molecule has 59 valence electrons. The molecular weight excluding hydrogens is 168 g/mol. The highest BCUT2D eigenvalue weighted by Crippen LogP contribution is 2.07. The average molecular weight is 175 g/mol. The summed E-state index contributed by atoms with van der Waals surface area (Å²) in [4.78, 5) is 8.11. The monoisotopic (exact) mass is 175 g/mol. The van der Waals surface area contributed by atoms with Crippen LogP contribution in [0.1, 0.15) is 11.3 Å². The Hall–Kier alpha value is -1.22. The number of nitrogens with zero attached hydrogens (tertiary/aromatic N) is 2. The Morgan fingerprint density at radius 1 is 1.50 bits per heavy atom. The van der Waals surface area contributed by atoms with E-state index in [9.17, 15) is 0 Å². The number of pyridine rings is 1. The Kier molecular flexibility index (Phi) is 2.14. The summed E-state index contributed by atoms with van der Waals surface area (Å²) in [6.07, 6.45) is 4.49. The molecule has 0 aliphatic rings. The minimum Gasteiger partial charge on any atom is -0.264 e. The lowest BCUT2D eigenvalue weighted by atomic mass is 10.2. The summed E-state index contributed by atoms with van der Waals surface area (Å²) in [5.74, 6) is 0. The van der Waals surface area contributed by atoms with Crippen LogP contribution in [0.15, 0.2) is 29.9 Å². The summed E-state index contributed by atoms with van der Waals surface area (Å²) >= 11 is 1.50. The Balaban J connectivity index is 2.15. The van der Waals surface area contributed by atoms with Gasteiger partial charge >= 0.3 is 0 Å². The first-order valence-corrected chi connectivity index (χ1v) is 4.52. The van der Waals surface area contributed by atoms with Gasteiger partial charge in [0.1, 0.15) is 0 Å². The highest BCUT2D eigenvalue weighted by molar-refractivity contribution is 7.07. The third-order valence-electron chi connectivity index (χ3n) is 1.54. The van der Waals surface area contributed by atoms with E-state index in [0.29, 0.717) is 0 Å². The number of hydrogen-bond donors (Lipinski definition) is 0. The molecule has 2 rings (SSSR count). The third-order valence-corrected chi connectivity index (χ3v) is 2.13. The SMILES string of the molecule is [c]1nc(Cc2cccnc2)cs1. The van der Waals surface area contributed by atoms with Crippen LogP contribution in [0.4, 0.5) is 0 Å². The van der Waals surface area contributed by atoms with Crippen molar-refractivity contribution in [3.05, 3.63) is 46.7 Å². The van der Waals surface area contributed by atoms with Crippen LogP contribution in [0.25, 0.3) is 0 Å². The molecule has 0 saturated carbocycles. The Labute approximate surface area is 74.9 Å². The van der Waals surface area contributed by atoms with Crippen LogP contribution >= 0.6 is 11.3 Å². The van der Waals surface area contributed by atoms with Gasteiger partial charge in [0.05, 0.1) is 5.69 Å². The van der Waals surface area contributed by atoms with Gasteiger partial charge in [0.2, 0.25) is 0 Å². The van der Waals surface area contributed by atoms with E-state index in [2.05, 4.69) is 15.5 Å². The molecule has 0 bridgehead atoms. The Bertz CT molecular complexity index is 329. The molecule has 0 aromatic carbocycles. The Morgan fingerprint density at radius 2 is 2.50 bits per heavy atom. The van der Waals surface area contributed by atoms with Crippen molar-refractivity contribution in [3.8, 4) is 0 Å². The molecule has 0 aliphatic heterocycles. The van der Waals surface area contributed by atoms with Crippen LogP contribution in [0.5, 0.6) is 0 Å². The van der Waals surface area contributed by atoms with Crippen LogP contribution < -0.4 is 0 Å². The first-order valence-electron chi connectivity index (χ1n) is 3.64. The van der Waals surface area contributed by atoms with Crippen LogP contribution in [0.2, 0.25) is 0 Å². The maximum atomic E-state index is 4.08. The van der Waals surface area contributed by atoms with Gasteiger partial charge in [0.25, 0.3) is 0 Å². The minimum absolute atomic E-state index is 0.855. The fourth-order valence-corrected chi connectivity index (χ4v) is 1.49. The third kappa shape index (κ3) is 1.68. The van der Waals surface area contributed by atoms with Gasteiger partial charge in [-0.2, -0.15) is 0 Å². The smallest absolute Gasteiger partial charge is 0.152 e. The lowest BCUT2D eigenvalue weighted by molar-refractivity contribution is 1.08. The van der Waals surface area contributed by atoms with Crippen LogP contribution in [0, 0.1) is 5.51 Å². The summed E-state index contributed by atoms with van der Waals surface area (Å²) < 4.78 is 0. The summed E-state index contributed by atoms with van der Waals surface area (Å²) in [5, 5.41) is 2.01. The molecule has 2 nitrogen and oxygen atoms in total. The van der Waals surface area contributed by atoms with Crippen molar-refractivity contribution in [3.63, 3.8) is 0 Å². The molecule has 3 heteroatoms. The van der Waals surface area contributed by atoms with Crippen molar-refractivity contribution in [2.45, 2.75) is 6.42 Å². The molecule has 2 aromatic rings. The van der Waals surface area contributed by atoms with E-state index in [-0.39, 0.29) is 0 Å². The number of aromatic nitrogens is 2. The van der Waals surface area contributed by atoms with Gasteiger partial charge in [-0.15, -0.1) is 11.3 Å². The largest absolute Gasteiger partial charge is 0.264 e. The summed E-state index contributed by atoms with van der Waals surface area (Å²) in [6.45, 7) is 0. The molecule has 2 heterocycles. The molecular formula is C9H7N2S. The molecule has 0 aliphatic carbocycles. The summed E-state index contributed by atoms with van der Waals surface area (Å²) in [6, 6.07) is 3.98. The Morgan fingerprint density at radius 3 is 3.17 bits per heavy atom. The second-order valence-corrected chi connectivity index (χ2v) is 3.12. The van der Waals surface area contributed by atoms with E-state index in [1.165, 1.54) is 16.9 Å². The second-order valence-electron chi connectivity index (χ2n) is 2.47. The van der Waals surface area contributed by atoms with Gasteiger partial charge in [-0.1, -0.05) is 6.07 Å². The number of thiazole rings is 1. The van der Waals surface area contributed by atoms with Crippen LogP contribution in [-0.4, -0.2) is 9.97 Å². The second kappa shape index (κ2) is 3.45. The van der Waals surface area contributed by atoms with Crippen molar-refractivity contribution in [2.24, 2.45) is 0 Å². The molecule has 0 saturated heterocycles. The van der Waals surface area contributed by atoms with Gasteiger partial charge in [0.15, 0.2) is 5.51 Å². The fraction of sp³-hybridized carbons (Fsp3) is 0.111. The fourth-order valence-electron chi connectivity index (χ4n) is 0.999. The van der Waals surface area contributed by atoms with Crippen molar-refractivity contribution in [2.75, 3.05) is 0 Å². The van der Waals surface area contributed by atoms with E-state index in [4.69, 9.17) is 0 Å². The topological polar surface area (TPSA) is 25.8 Å². The zero-order chi connectivity index (χ0) is 8.23. The molecule has 0 unspecified atom stereocenters. The molecule has 12 heavy (non-hydrogen) atoms. The van der Waals surface area contributed by atoms with Gasteiger partial charge in [-0.25, -0.2) is 4.98 Å². The normalized spacial score (nSPS) is 10.0. The highest BCUT2D eigenvalue weighted by atomic mass is 32.1. The standard InChI is InChI=1S/C9H7N2S/c1-2-8(5-10-3-1)4-9-6-12-7-11-9/h1-3,5-6H,4H2. The van der Waals surface area contributed by atoms with Crippen LogP contribution in [-0.2, 0) is 6.42 Å². The molecule has 0 amide bonds. The molecule has 0 spiro atoms.